The Hall–Kier alpha value is -0.230. The maximum atomic E-state index is 4.48. The number of hydrogen-bond donors (Lipinski definition) is 1. The molecule has 4 heteroatoms. The van der Waals surface area contributed by atoms with Crippen LogP contribution in [0, 0.1) is 0 Å². The zero-order valence-electron chi connectivity index (χ0n) is 7.66. The molecule has 0 bridgehead atoms. The van der Waals surface area contributed by atoms with Gasteiger partial charge in [-0.1, -0.05) is 34.7 Å². The molecule has 0 saturated heterocycles. The second-order valence-corrected chi connectivity index (χ2v) is 5.02. The number of rotatable bonds is 2. The van der Waals surface area contributed by atoms with E-state index in [0.717, 1.165) is 22.6 Å². The van der Waals surface area contributed by atoms with Crippen molar-refractivity contribution in [3.63, 3.8) is 0 Å². The lowest BCUT2D eigenvalue weighted by molar-refractivity contribution is 1.15. The van der Waals surface area contributed by atoms with Crippen LogP contribution >= 0.6 is 34.4 Å². The van der Waals surface area contributed by atoms with Crippen LogP contribution in [-0.4, -0.2) is 22.6 Å². The number of nitrogens with one attached hydrogen (secondary N) is 1. The van der Waals surface area contributed by atoms with Gasteiger partial charge in [0.25, 0.3) is 0 Å². The number of alkyl halides is 1. The quantitative estimate of drug-likeness (QED) is 0.669. The van der Waals surface area contributed by atoms with E-state index in [1.807, 2.05) is 17.8 Å². The predicted molar refractivity (Wildman–Crippen MR) is 72.0 cm³/mol. The third-order valence-corrected chi connectivity index (χ3v) is 3.48. The number of benzene rings is 1. The molecule has 0 spiro atoms. The minimum Gasteiger partial charge on any atom is -0.342 e. The fraction of sp³-hybridized carbons (Fsp3) is 0.300. The molecular formula is C10H11IN2S. The number of aliphatic imine (C=N–C) groups is 1. The highest BCUT2D eigenvalue weighted by atomic mass is 127. The fourth-order valence-corrected chi connectivity index (χ4v) is 2.44. The molecule has 2 rings (SSSR count). The van der Waals surface area contributed by atoms with Gasteiger partial charge in [-0.15, -0.1) is 11.8 Å². The van der Waals surface area contributed by atoms with Gasteiger partial charge in [-0.25, -0.2) is 0 Å². The summed E-state index contributed by atoms with van der Waals surface area (Å²) >= 11 is 4.19. The average molecular weight is 318 g/mol. The Morgan fingerprint density at radius 3 is 3.14 bits per heavy atom. The molecule has 1 aliphatic rings. The third kappa shape index (κ3) is 2.42. The van der Waals surface area contributed by atoms with Crippen LogP contribution in [0.4, 0.5) is 5.69 Å². The predicted octanol–water partition coefficient (Wildman–Crippen LogP) is 3.04. The summed E-state index contributed by atoms with van der Waals surface area (Å²) in [5.41, 5.74) is 1.19. The van der Waals surface area contributed by atoms with Crippen molar-refractivity contribution in [1.82, 2.24) is 0 Å². The van der Waals surface area contributed by atoms with E-state index in [0.29, 0.717) is 0 Å². The second-order valence-electron chi connectivity index (χ2n) is 2.93. The molecule has 14 heavy (non-hydrogen) atoms. The number of nitrogens with zero attached hydrogens (tertiary/aromatic N) is 1. The summed E-state index contributed by atoms with van der Waals surface area (Å²) in [5.74, 6) is 2.07. The van der Waals surface area contributed by atoms with Crippen molar-refractivity contribution in [3.8, 4) is 0 Å². The first-order valence-corrected chi connectivity index (χ1v) is 6.99. The van der Waals surface area contributed by atoms with Crippen LogP contribution in [0.1, 0.15) is 0 Å². The summed E-state index contributed by atoms with van der Waals surface area (Å²) in [7, 11) is 0. The van der Waals surface area contributed by atoms with Crippen LogP contribution in [-0.2, 0) is 0 Å². The first-order chi connectivity index (χ1) is 6.90. The van der Waals surface area contributed by atoms with Gasteiger partial charge in [-0.2, -0.15) is 0 Å². The smallest absolute Gasteiger partial charge is 0.111 e. The Morgan fingerprint density at radius 1 is 1.43 bits per heavy atom. The topological polar surface area (TPSA) is 24.4 Å². The maximum absolute atomic E-state index is 4.48. The van der Waals surface area contributed by atoms with Crippen molar-refractivity contribution in [2.45, 2.75) is 4.90 Å². The highest BCUT2D eigenvalue weighted by Gasteiger charge is 2.12. The number of para-hydroxylation sites is 1. The Morgan fingerprint density at radius 2 is 2.29 bits per heavy atom. The summed E-state index contributed by atoms with van der Waals surface area (Å²) in [6.45, 7) is 0.908. The first kappa shape index (κ1) is 10.3. The molecule has 0 aromatic heterocycles. The van der Waals surface area contributed by atoms with Gasteiger partial charge >= 0.3 is 0 Å². The molecule has 1 aliphatic heterocycles. The molecule has 0 amide bonds. The maximum Gasteiger partial charge on any atom is 0.111 e. The summed E-state index contributed by atoms with van der Waals surface area (Å²) < 4.78 is 1.08. The van der Waals surface area contributed by atoms with E-state index in [1.54, 1.807) is 0 Å². The summed E-state index contributed by atoms with van der Waals surface area (Å²) in [4.78, 5) is 5.80. The van der Waals surface area contributed by atoms with E-state index in [4.69, 9.17) is 0 Å². The van der Waals surface area contributed by atoms with Crippen molar-refractivity contribution in [2.75, 3.05) is 22.0 Å². The molecular weight excluding hydrogens is 307 g/mol. The van der Waals surface area contributed by atoms with E-state index < -0.39 is 0 Å². The van der Waals surface area contributed by atoms with E-state index >= 15 is 0 Å². The van der Waals surface area contributed by atoms with Gasteiger partial charge in [0.05, 0.1) is 11.4 Å². The molecule has 0 saturated carbocycles. The van der Waals surface area contributed by atoms with E-state index in [1.165, 1.54) is 10.6 Å². The molecule has 74 valence electrons. The van der Waals surface area contributed by atoms with Crippen molar-refractivity contribution in [2.24, 2.45) is 4.99 Å². The van der Waals surface area contributed by atoms with Gasteiger partial charge in [0.2, 0.25) is 0 Å². The monoisotopic (exact) mass is 318 g/mol. The number of anilines is 1. The second kappa shape index (κ2) is 5.02. The van der Waals surface area contributed by atoms with E-state index in [9.17, 15) is 0 Å². The van der Waals surface area contributed by atoms with Crippen molar-refractivity contribution in [1.29, 1.82) is 0 Å². The molecule has 0 radical (unpaired) electrons. The van der Waals surface area contributed by atoms with Gasteiger partial charge in [0.15, 0.2) is 0 Å². The van der Waals surface area contributed by atoms with Gasteiger partial charge < -0.3 is 5.32 Å². The van der Waals surface area contributed by atoms with E-state index in [-0.39, 0.29) is 0 Å². The number of amidine groups is 1. The summed E-state index contributed by atoms with van der Waals surface area (Å²) in [6, 6.07) is 8.36. The van der Waals surface area contributed by atoms with Crippen molar-refractivity contribution in [3.05, 3.63) is 24.3 Å². The van der Waals surface area contributed by atoms with Crippen molar-refractivity contribution < 1.29 is 0 Å². The number of fused-ring (bicyclic) bond motifs is 1. The van der Waals surface area contributed by atoms with Gasteiger partial charge in [0, 0.05) is 15.9 Å². The SMILES string of the molecule is ICCN=C1CSc2ccccc2N1. The number of hydrogen-bond acceptors (Lipinski definition) is 2. The Kier molecular flexibility index (Phi) is 3.69. The lowest BCUT2D eigenvalue weighted by Crippen LogP contribution is -2.19. The molecule has 0 atom stereocenters. The standard InChI is InChI=1S/C10H11IN2S/c11-5-6-12-10-7-14-9-4-2-1-3-8(9)13-10/h1-4H,5-7H2,(H,12,13). The number of thioether (sulfide) groups is 1. The van der Waals surface area contributed by atoms with Crippen molar-refractivity contribution >= 4 is 45.9 Å². The lowest BCUT2D eigenvalue weighted by Gasteiger charge is -2.18. The molecule has 1 N–H and O–H groups in total. The molecule has 0 fully saturated rings. The lowest BCUT2D eigenvalue weighted by atomic mass is 10.3. The highest BCUT2D eigenvalue weighted by molar-refractivity contribution is 14.1. The van der Waals surface area contributed by atoms with Crippen LogP contribution in [0.25, 0.3) is 0 Å². The van der Waals surface area contributed by atoms with Crippen LogP contribution in [0.15, 0.2) is 34.2 Å². The van der Waals surface area contributed by atoms with Gasteiger partial charge in [0.1, 0.15) is 5.84 Å². The zero-order chi connectivity index (χ0) is 9.80. The molecule has 1 heterocycles. The molecule has 1 aromatic carbocycles. The fourth-order valence-electron chi connectivity index (χ4n) is 1.30. The van der Waals surface area contributed by atoms with Gasteiger partial charge in [-0.3, -0.25) is 4.99 Å². The Balaban J connectivity index is 2.13. The summed E-state index contributed by atoms with van der Waals surface area (Å²) in [5, 5.41) is 3.36. The van der Waals surface area contributed by atoms with Crippen LogP contribution in [0.3, 0.4) is 0 Å². The average Bonchev–Trinajstić information content (AvgIpc) is 2.26. The van der Waals surface area contributed by atoms with Gasteiger partial charge in [-0.05, 0) is 12.1 Å². The highest BCUT2D eigenvalue weighted by Crippen LogP contribution is 2.30. The van der Waals surface area contributed by atoms with Crippen LogP contribution < -0.4 is 5.32 Å². The van der Waals surface area contributed by atoms with Crippen LogP contribution in [0.2, 0.25) is 0 Å². The minimum absolute atomic E-state index is 0.908. The van der Waals surface area contributed by atoms with Crippen LogP contribution in [0.5, 0.6) is 0 Å². The normalized spacial score (nSPS) is 17.6. The largest absolute Gasteiger partial charge is 0.342 e. The molecule has 1 aromatic rings. The molecule has 0 unspecified atom stereocenters. The summed E-state index contributed by atoms with van der Waals surface area (Å²) in [6.07, 6.45) is 0. The molecule has 2 nitrogen and oxygen atoms in total. The minimum atomic E-state index is 0.908. The van der Waals surface area contributed by atoms with E-state index in [2.05, 4.69) is 51.1 Å². The number of halogens is 1. The molecule has 0 aliphatic carbocycles. The Labute approximate surface area is 102 Å². The third-order valence-electron chi connectivity index (χ3n) is 1.92. The zero-order valence-corrected chi connectivity index (χ0v) is 10.6. The first-order valence-electron chi connectivity index (χ1n) is 4.48. The Bertz CT molecular complexity index is 352.